The Morgan fingerprint density at radius 1 is 1.41 bits per heavy atom. The highest BCUT2D eigenvalue weighted by Gasteiger charge is 2.40. The van der Waals surface area contributed by atoms with E-state index in [4.69, 9.17) is 0 Å². The summed E-state index contributed by atoms with van der Waals surface area (Å²) in [5.74, 6) is 0.827. The lowest BCUT2D eigenvalue weighted by Gasteiger charge is -2.23. The van der Waals surface area contributed by atoms with Crippen molar-refractivity contribution in [3.05, 3.63) is 28.5 Å². The van der Waals surface area contributed by atoms with Crippen molar-refractivity contribution in [2.24, 2.45) is 5.92 Å². The van der Waals surface area contributed by atoms with Crippen LogP contribution in [0.25, 0.3) is 0 Å². The number of amides is 1. The number of aromatic nitrogens is 1. The number of pyridine rings is 1. The van der Waals surface area contributed by atoms with Crippen LogP contribution in [0.4, 0.5) is 0 Å². The molecule has 2 heterocycles. The van der Waals surface area contributed by atoms with E-state index in [9.17, 15) is 4.79 Å². The van der Waals surface area contributed by atoms with Gasteiger partial charge in [-0.3, -0.25) is 4.79 Å². The average molecular weight is 295 g/mol. The van der Waals surface area contributed by atoms with Crippen molar-refractivity contribution in [1.82, 2.24) is 9.88 Å². The Hall–Kier alpha value is -0.900. The van der Waals surface area contributed by atoms with Crippen molar-refractivity contribution in [2.45, 2.75) is 31.7 Å². The van der Waals surface area contributed by atoms with Crippen LogP contribution < -0.4 is 0 Å². The molecule has 0 N–H and O–H groups in total. The molecule has 1 saturated carbocycles. The Labute approximate surface area is 109 Å². The number of carbonyl (C=O) groups is 1. The van der Waals surface area contributed by atoms with Crippen LogP contribution >= 0.6 is 15.9 Å². The van der Waals surface area contributed by atoms with E-state index >= 15 is 0 Å². The SMILES string of the molecule is O=C(c1ncccc1Br)N1CC[C@H]2CCC[C@H]21. The first-order valence-corrected chi connectivity index (χ1v) is 6.98. The highest BCUT2D eigenvalue weighted by atomic mass is 79.9. The summed E-state index contributed by atoms with van der Waals surface area (Å²) in [7, 11) is 0. The van der Waals surface area contributed by atoms with Crippen LogP contribution in [0.5, 0.6) is 0 Å². The maximum Gasteiger partial charge on any atom is 0.273 e. The van der Waals surface area contributed by atoms with Crippen LogP contribution in [0.15, 0.2) is 22.8 Å². The van der Waals surface area contributed by atoms with E-state index in [1.54, 1.807) is 6.20 Å². The van der Waals surface area contributed by atoms with Gasteiger partial charge in [-0.15, -0.1) is 0 Å². The molecule has 1 aliphatic heterocycles. The van der Waals surface area contributed by atoms with Gasteiger partial charge in [0.05, 0.1) is 0 Å². The third-order valence-electron chi connectivity index (χ3n) is 3.98. The molecule has 90 valence electrons. The molecular weight excluding hydrogens is 280 g/mol. The van der Waals surface area contributed by atoms with Gasteiger partial charge >= 0.3 is 0 Å². The fourth-order valence-corrected chi connectivity index (χ4v) is 3.59. The molecule has 0 bridgehead atoms. The Morgan fingerprint density at radius 2 is 2.29 bits per heavy atom. The van der Waals surface area contributed by atoms with Crippen LogP contribution in [-0.4, -0.2) is 28.4 Å². The second-order valence-corrected chi connectivity index (χ2v) is 5.73. The predicted octanol–water partition coefficient (Wildman–Crippen LogP) is 2.86. The molecule has 1 amide bonds. The largest absolute Gasteiger partial charge is 0.334 e. The van der Waals surface area contributed by atoms with Crippen molar-refractivity contribution >= 4 is 21.8 Å². The standard InChI is InChI=1S/C13H15BrN2O/c14-10-4-2-7-15-12(10)13(17)16-8-6-9-3-1-5-11(9)16/h2,4,7,9,11H,1,3,5-6,8H2/t9-,11-/m1/s1. The third-order valence-corrected chi connectivity index (χ3v) is 4.62. The molecule has 0 aromatic carbocycles. The van der Waals surface area contributed by atoms with E-state index in [0.717, 1.165) is 16.9 Å². The molecule has 3 rings (SSSR count). The molecular formula is C13H15BrN2O. The van der Waals surface area contributed by atoms with Crippen molar-refractivity contribution in [2.75, 3.05) is 6.54 Å². The van der Waals surface area contributed by atoms with E-state index in [2.05, 4.69) is 20.9 Å². The molecule has 0 radical (unpaired) electrons. The van der Waals surface area contributed by atoms with Crippen molar-refractivity contribution in [1.29, 1.82) is 0 Å². The molecule has 4 heteroatoms. The number of halogens is 1. The number of fused-ring (bicyclic) bond motifs is 1. The molecule has 2 fully saturated rings. The lowest BCUT2D eigenvalue weighted by atomic mass is 10.0. The molecule has 1 aliphatic carbocycles. The molecule has 0 unspecified atom stereocenters. The van der Waals surface area contributed by atoms with Gasteiger partial charge in [0, 0.05) is 23.3 Å². The number of carbonyl (C=O) groups excluding carboxylic acids is 1. The van der Waals surface area contributed by atoms with E-state index in [1.165, 1.54) is 25.7 Å². The zero-order chi connectivity index (χ0) is 11.8. The van der Waals surface area contributed by atoms with Crippen molar-refractivity contribution < 1.29 is 4.79 Å². The summed E-state index contributed by atoms with van der Waals surface area (Å²) in [6.45, 7) is 0.900. The fraction of sp³-hybridized carbons (Fsp3) is 0.538. The molecule has 0 spiro atoms. The fourth-order valence-electron chi connectivity index (χ4n) is 3.17. The number of hydrogen-bond acceptors (Lipinski definition) is 2. The molecule has 1 aromatic heterocycles. The van der Waals surface area contributed by atoms with Gasteiger partial charge in [0.1, 0.15) is 5.69 Å². The van der Waals surface area contributed by atoms with Gasteiger partial charge in [0.25, 0.3) is 5.91 Å². The first kappa shape index (κ1) is 11.2. The van der Waals surface area contributed by atoms with Crippen LogP contribution in [0, 0.1) is 5.92 Å². The second-order valence-electron chi connectivity index (χ2n) is 4.88. The first-order valence-electron chi connectivity index (χ1n) is 6.19. The monoisotopic (exact) mass is 294 g/mol. The predicted molar refractivity (Wildman–Crippen MR) is 68.7 cm³/mol. The number of likely N-dealkylation sites (tertiary alicyclic amines) is 1. The molecule has 2 aliphatic rings. The smallest absolute Gasteiger partial charge is 0.273 e. The van der Waals surface area contributed by atoms with Crippen LogP contribution in [0.2, 0.25) is 0 Å². The Balaban J connectivity index is 1.85. The minimum atomic E-state index is 0.0897. The van der Waals surface area contributed by atoms with Gasteiger partial charge in [0.2, 0.25) is 0 Å². The van der Waals surface area contributed by atoms with Gasteiger partial charge in [-0.25, -0.2) is 4.98 Å². The lowest BCUT2D eigenvalue weighted by Crippen LogP contribution is -2.36. The van der Waals surface area contributed by atoms with Crippen molar-refractivity contribution in [3.63, 3.8) is 0 Å². The number of nitrogens with zero attached hydrogens (tertiary/aromatic N) is 2. The normalized spacial score (nSPS) is 27.2. The second kappa shape index (κ2) is 4.41. The topological polar surface area (TPSA) is 33.2 Å². The maximum absolute atomic E-state index is 12.4. The summed E-state index contributed by atoms with van der Waals surface area (Å²) in [6, 6.07) is 4.18. The number of hydrogen-bond donors (Lipinski definition) is 0. The Morgan fingerprint density at radius 3 is 3.12 bits per heavy atom. The van der Waals surface area contributed by atoms with Gasteiger partial charge in [0.15, 0.2) is 0 Å². The summed E-state index contributed by atoms with van der Waals surface area (Å²) in [5.41, 5.74) is 0.556. The van der Waals surface area contributed by atoms with Gasteiger partial charge in [-0.1, -0.05) is 6.42 Å². The van der Waals surface area contributed by atoms with Crippen LogP contribution in [0.1, 0.15) is 36.2 Å². The minimum Gasteiger partial charge on any atom is -0.334 e. The zero-order valence-corrected chi connectivity index (χ0v) is 11.2. The van der Waals surface area contributed by atoms with Gasteiger partial charge in [-0.05, 0) is 53.2 Å². The van der Waals surface area contributed by atoms with Gasteiger partial charge in [-0.2, -0.15) is 0 Å². The van der Waals surface area contributed by atoms with Crippen LogP contribution in [0.3, 0.4) is 0 Å². The van der Waals surface area contributed by atoms with Crippen LogP contribution in [-0.2, 0) is 0 Å². The summed E-state index contributed by atoms with van der Waals surface area (Å²) in [6.07, 6.45) is 6.57. The quantitative estimate of drug-likeness (QED) is 0.798. The summed E-state index contributed by atoms with van der Waals surface area (Å²) in [5, 5.41) is 0. The van der Waals surface area contributed by atoms with Crippen molar-refractivity contribution in [3.8, 4) is 0 Å². The highest BCUT2D eigenvalue weighted by Crippen LogP contribution is 2.38. The summed E-state index contributed by atoms with van der Waals surface area (Å²) >= 11 is 3.41. The van der Waals surface area contributed by atoms with Gasteiger partial charge < -0.3 is 4.90 Å². The summed E-state index contributed by atoms with van der Waals surface area (Å²) < 4.78 is 0.798. The number of rotatable bonds is 1. The van der Waals surface area contributed by atoms with E-state index < -0.39 is 0 Å². The molecule has 1 aromatic rings. The average Bonchev–Trinajstić information content (AvgIpc) is 2.90. The Kier molecular flexibility index (Phi) is 2.90. The lowest BCUT2D eigenvalue weighted by molar-refractivity contribution is 0.0722. The molecule has 2 atom stereocenters. The molecule has 3 nitrogen and oxygen atoms in total. The zero-order valence-electron chi connectivity index (χ0n) is 9.60. The Bertz CT molecular complexity index is 449. The highest BCUT2D eigenvalue weighted by molar-refractivity contribution is 9.10. The van der Waals surface area contributed by atoms with E-state index in [0.29, 0.717) is 11.7 Å². The summed E-state index contributed by atoms with van der Waals surface area (Å²) in [4.78, 5) is 18.7. The maximum atomic E-state index is 12.4. The molecule has 1 saturated heterocycles. The molecule has 17 heavy (non-hydrogen) atoms. The van der Waals surface area contributed by atoms with E-state index in [1.807, 2.05) is 17.0 Å². The minimum absolute atomic E-state index is 0.0897. The third kappa shape index (κ3) is 1.88. The first-order chi connectivity index (χ1) is 8.27. The van der Waals surface area contributed by atoms with E-state index in [-0.39, 0.29) is 5.91 Å².